The average molecular weight is 477 g/mol. The van der Waals surface area contributed by atoms with E-state index in [1.165, 1.54) is 12.1 Å². The van der Waals surface area contributed by atoms with Gasteiger partial charge in [-0.2, -0.15) is 0 Å². The highest BCUT2D eigenvalue weighted by Crippen LogP contribution is 2.36. The molecule has 0 aromatic heterocycles. The van der Waals surface area contributed by atoms with Gasteiger partial charge in [0.15, 0.2) is 0 Å². The molecular weight excluding hydrogens is 439 g/mol. The first kappa shape index (κ1) is 25.9. The van der Waals surface area contributed by atoms with Gasteiger partial charge in [0.1, 0.15) is 17.6 Å². The maximum absolute atomic E-state index is 14.2. The summed E-state index contributed by atoms with van der Waals surface area (Å²) in [7, 11) is 0. The van der Waals surface area contributed by atoms with Crippen LogP contribution in [0.25, 0.3) is 0 Å². The maximum Gasteiger partial charge on any atom is 0.251 e. The highest BCUT2D eigenvalue weighted by molar-refractivity contribution is 6.07. The van der Waals surface area contributed by atoms with Crippen LogP contribution < -0.4 is 10.1 Å². The Morgan fingerprint density at radius 2 is 1.91 bits per heavy atom. The molecule has 0 bridgehead atoms. The first-order chi connectivity index (χ1) is 16.5. The molecule has 1 fully saturated rings. The third kappa shape index (κ3) is 6.46. The zero-order chi connectivity index (χ0) is 24.5. The Morgan fingerprint density at radius 3 is 2.56 bits per heavy atom. The smallest absolute Gasteiger partial charge is 0.251 e. The van der Waals surface area contributed by atoms with E-state index in [1.54, 1.807) is 4.90 Å². The molecule has 0 aliphatic carbocycles. The normalized spacial score (nSPS) is 16.6. The summed E-state index contributed by atoms with van der Waals surface area (Å²) < 4.78 is 20.1. The van der Waals surface area contributed by atoms with Gasteiger partial charge in [0.05, 0.1) is 25.4 Å². The molecule has 0 spiro atoms. The van der Waals surface area contributed by atoms with Gasteiger partial charge < -0.3 is 19.6 Å². The second-order valence-corrected chi connectivity index (χ2v) is 8.90. The number of fused-ring (bicyclic) bond motifs is 2. The minimum Gasteiger partial charge on any atom is -0.493 e. The SMILES string of the molecule is CCCCCN(CCCCC)C(=O)CCCOc1cc(F)cc2c1CN1C(=N2)NC(=O)C1CO. The first-order valence-corrected chi connectivity index (χ1v) is 12.5. The Balaban J connectivity index is 1.57. The van der Waals surface area contributed by atoms with E-state index in [-0.39, 0.29) is 31.6 Å². The molecule has 0 saturated carbocycles. The molecule has 0 radical (unpaired) electrons. The molecule has 1 aromatic carbocycles. The topological polar surface area (TPSA) is 94.5 Å². The summed E-state index contributed by atoms with van der Waals surface area (Å²) in [5.41, 5.74) is 1.06. The largest absolute Gasteiger partial charge is 0.493 e. The molecule has 34 heavy (non-hydrogen) atoms. The van der Waals surface area contributed by atoms with Crippen molar-refractivity contribution in [1.82, 2.24) is 15.1 Å². The molecule has 1 unspecified atom stereocenters. The number of unbranched alkanes of at least 4 members (excludes halogenated alkanes) is 4. The van der Waals surface area contributed by atoms with Gasteiger partial charge in [-0.15, -0.1) is 0 Å². The van der Waals surface area contributed by atoms with E-state index in [0.717, 1.165) is 51.6 Å². The molecule has 2 aliphatic heterocycles. The number of aliphatic imine (C=N–C) groups is 1. The molecule has 2 heterocycles. The minimum absolute atomic E-state index is 0.138. The van der Waals surface area contributed by atoms with Crippen LogP contribution in [0.15, 0.2) is 17.1 Å². The van der Waals surface area contributed by atoms with E-state index in [2.05, 4.69) is 24.2 Å². The van der Waals surface area contributed by atoms with Crippen LogP contribution in [0.3, 0.4) is 0 Å². The van der Waals surface area contributed by atoms with E-state index in [9.17, 15) is 19.1 Å². The van der Waals surface area contributed by atoms with Crippen molar-refractivity contribution in [1.29, 1.82) is 0 Å². The van der Waals surface area contributed by atoms with E-state index < -0.39 is 11.9 Å². The van der Waals surface area contributed by atoms with Crippen LogP contribution in [-0.4, -0.2) is 65.0 Å². The zero-order valence-corrected chi connectivity index (χ0v) is 20.3. The molecule has 9 heteroatoms. The lowest BCUT2D eigenvalue weighted by molar-refractivity contribution is -0.131. The van der Waals surface area contributed by atoms with Crippen LogP contribution in [0, 0.1) is 5.82 Å². The van der Waals surface area contributed by atoms with Gasteiger partial charge in [0.25, 0.3) is 5.91 Å². The summed E-state index contributed by atoms with van der Waals surface area (Å²) in [6, 6.07) is 1.88. The average Bonchev–Trinajstić information content (AvgIpc) is 3.13. The Bertz CT molecular complexity index is 882. The number of guanidine groups is 1. The van der Waals surface area contributed by atoms with Gasteiger partial charge in [0, 0.05) is 37.2 Å². The van der Waals surface area contributed by atoms with Gasteiger partial charge in [-0.3, -0.25) is 14.9 Å². The number of hydrogen-bond donors (Lipinski definition) is 2. The fraction of sp³-hybridized carbons (Fsp3) is 0.640. The summed E-state index contributed by atoms with van der Waals surface area (Å²) in [6.45, 7) is 6.10. The van der Waals surface area contributed by atoms with Crippen molar-refractivity contribution in [2.24, 2.45) is 4.99 Å². The molecule has 2 amide bonds. The third-order valence-corrected chi connectivity index (χ3v) is 6.27. The highest BCUT2D eigenvalue weighted by atomic mass is 19.1. The predicted octanol–water partition coefficient (Wildman–Crippen LogP) is 3.49. The lowest BCUT2D eigenvalue weighted by atomic mass is 10.1. The molecule has 2 N–H and O–H groups in total. The summed E-state index contributed by atoms with van der Waals surface area (Å²) in [5, 5.41) is 12.2. The van der Waals surface area contributed by atoms with Crippen molar-refractivity contribution < 1.29 is 23.8 Å². The summed E-state index contributed by atoms with van der Waals surface area (Å²) in [4.78, 5) is 32.8. The molecule has 2 aliphatic rings. The number of ether oxygens (including phenoxy) is 1. The number of nitrogens with zero attached hydrogens (tertiary/aromatic N) is 3. The summed E-state index contributed by atoms with van der Waals surface area (Å²) >= 11 is 0. The number of hydrogen-bond acceptors (Lipinski definition) is 6. The number of halogens is 1. The monoisotopic (exact) mass is 476 g/mol. The van der Waals surface area contributed by atoms with Gasteiger partial charge in [-0.05, 0) is 19.3 Å². The van der Waals surface area contributed by atoms with Crippen LogP contribution in [0.2, 0.25) is 0 Å². The standard InChI is InChI=1S/C25H37FN4O4/c1-3-5-7-11-29(12-8-6-4-2)23(32)10-9-13-34-22-15-18(26)14-20-19(22)16-30-21(17-31)24(33)28-25(30)27-20/h14-15,21,31H,3-13,16-17H2,1-2H3,(H,27,28,33). The number of rotatable bonds is 14. The van der Waals surface area contributed by atoms with Crippen LogP contribution in [0.5, 0.6) is 5.75 Å². The number of aliphatic hydroxyl groups excluding tert-OH is 1. The molecule has 1 saturated heterocycles. The van der Waals surface area contributed by atoms with Gasteiger partial charge in [-0.1, -0.05) is 39.5 Å². The van der Waals surface area contributed by atoms with E-state index in [4.69, 9.17) is 4.74 Å². The predicted molar refractivity (Wildman–Crippen MR) is 128 cm³/mol. The van der Waals surface area contributed by atoms with Gasteiger partial charge >= 0.3 is 0 Å². The van der Waals surface area contributed by atoms with Gasteiger partial charge in [0.2, 0.25) is 11.9 Å². The number of benzene rings is 1. The molecule has 1 atom stereocenters. The first-order valence-electron chi connectivity index (χ1n) is 12.5. The van der Waals surface area contributed by atoms with Crippen LogP contribution in [0.4, 0.5) is 10.1 Å². The second-order valence-electron chi connectivity index (χ2n) is 8.90. The van der Waals surface area contributed by atoms with Crippen molar-refractivity contribution in [3.05, 3.63) is 23.5 Å². The minimum atomic E-state index is -0.728. The van der Waals surface area contributed by atoms with Gasteiger partial charge in [-0.25, -0.2) is 9.38 Å². The Kier molecular flexibility index (Phi) is 9.68. The quantitative estimate of drug-likeness (QED) is 0.401. The van der Waals surface area contributed by atoms with Crippen molar-refractivity contribution in [3.63, 3.8) is 0 Å². The lowest BCUT2D eigenvalue weighted by Gasteiger charge is -2.28. The third-order valence-electron chi connectivity index (χ3n) is 6.27. The lowest BCUT2D eigenvalue weighted by Crippen LogP contribution is -2.39. The molecular formula is C25H37FN4O4. The molecule has 8 nitrogen and oxygen atoms in total. The number of amides is 2. The Hall–Kier alpha value is -2.68. The van der Waals surface area contributed by atoms with Crippen LogP contribution in [0.1, 0.15) is 70.8 Å². The summed E-state index contributed by atoms with van der Waals surface area (Å²) in [5.74, 6) is -0.0191. The molecule has 188 valence electrons. The molecule has 3 rings (SSSR count). The Morgan fingerprint density at radius 1 is 1.21 bits per heavy atom. The maximum atomic E-state index is 14.2. The number of nitrogens with one attached hydrogen (secondary N) is 1. The number of aliphatic hydroxyl groups is 1. The number of carbonyl (C=O) groups is 2. The number of carbonyl (C=O) groups excluding carboxylic acids is 2. The fourth-order valence-electron chi connectivity index (χ4n) is 4.31. The Labute approximate surface area is 201 Å². The van der Waals surface area contributed by atoms with Crippen molar-refractivity contribution in [2.75, 3.05) is 26.3 Å². The second kappa shape index (κ2) is 12.7. The van der Waals surface area contributed by atoms with Crippen molar-refractivity contribution in [2.45, 2.75) is 77.8 Å². The molecule has 1 aromatic rings. The van der Waals surface area contributed by atoms with E-state index in [0.29, 0.717) is 35.8 Å². The zero-order valence-electron chi connectivity index (χ0n) is 20.3. The highest BCUT2D eigenvalue weighted by Gasteiger charge is 2.39. The van der Waals surface area contributed by atoms with Crippen molar-refractivity contribution in [3.8, 4) is 5.75 Å². The fourth-order valence-corrected chi connectivity index (χ4v) is 4.31. The van der Waals surface area contributed by atoms with E-state index in [1.807, 2.05) is 4.90 Å². The van der Waals surface area contributed by atoms with E-state index >= 15 is 0 Å². The summed E-state index contributed by atoms with van der Waals surface area (Å²) in [6.07, 6.45) is 7.42. The van der Waals surface area contributed by atoms with Crippen LogP contribution >= 0.6 is 0 Å². The van der Waals surface area contributed by atoms with Crippen LogP contribution in [-0.2, 0) is 16.1 Å². The van der Waals surface area contributed by atoms with Crippen molar-refractivity contribution >= 4 is 23.5 Å².